The van der Waals surface area contributed by atoms with Gasteiger partial charge in [-0.2, -0.15) is 0 Å². The maximum atomic E-state index is 12.6. The maximum absolute atomic E-state index is 12.6. The summed E-state index contributed by atoms with van der Waals surface area (Å²) in [4.78, 5) is 39.5. The van der Waals surface area contributed by atoms with E-state index >= 15 is 0 Å². The average Bonchev–Trinajstić information content (AvgIpc) is 2.94. The number of ether oxygens (including phenoxy) is 1. The summed E-state index contributed by atoms with van der Waals surface area (Å²) in [6.07, 6.45) is 2.11. The molecule has 2 N–H and O–H groups in total. The molecule has 0 bridgehead atoms. The smallest absolute Gasteiger partial charge is 0.311 e. The number of nitrogens with one attached hydrogen (secondary N) is 1. The number of amides is 1. The molecule has 1 aliphatic rings. The third kappa shape index (κ3) is 3.13. The van der Waals surface area contributed by atoms with Crippen LogP contribution in [0.4, 0.5) is 0 Å². The van der Waals surface area contributed by atoms with Crippen LogP contribution in [0.3, 0.4) is 0 Å². The molecule has 2 rings (SSSR count). The zero-order valence-corrected chi connectivity index (χ0v) is 11.7. The Kier molecular flexibility index (Phi) is 4.74. The van der Waals surface area contributed by atoms with Crippen molar-refractivity contribution in [2.24, 2.45) is 5.92 Å². The first kappa shape index (κ1) is 15.2. The van der Waals surface area contributed by atoms with E-state index in [0.29, 0.717) is 13.0 Å². The number of hydrogen-bond acceptors (Lipinski definition) is 4. The van der Waals surface area contributed by atoms with Gasteiger partial charge in [-0.25, -0.2) is 0 Å². The molecule has 1 fully saturated rings. The van der Waals surface area contributed by atoms with Crippen LogP contribution in [0.5, 0.6) is 0 Å². The first-order chi connectivity index (χ1) is 10.1. The van der Waals surface area contributed by atoms with Gasteiger partial charge in [0.2, 0.25) is 0 Å². The van der Waals surface area contributed by atoms with Crippen molar-refractivity contribution in [2.45, 2.75) is 19.4 Å². The number of rotatable bonds is 5. The van der Waals surface area contributed by atoms with Gasteiger partial charge in [0.25, 0.3) is 11.5 Å². The van der Waals surface area contributed by atoms with Gasteiger partial charge in [0.15, 0.2) is 0 Å². The fraction of sp³-hybridized carbons (Fsp3) is 0.500. The van der Waals surface area contributed by atoms with Crippen molar-refractivity contribution in [1.82, 2.24) is 9.88 Å². The summed E-state index contributed by atoms with van der Waals surface area (Å²) in [6.45, 7) is 2.53. The van der Waals surface area contributed by atoms with Gasteiger partial charge in [0.05, 0.1) is 19.3 Å². The quantitative estimate of drug-likeness (QED) is 0.815. The molecule has 114 valence electrons. The van der Waals surface area contributed by atoms with Gasteiger partial charge in [0, 0.05) is 12.7 Å². The number of pyridine rings is 1. The molecule has 0 aliphatic carbocycles. The van der Waals surface area contributed by atoms with Crippen LogP contribution in [-0.4, -0.2) is 52.7 Å². The molecule has 2 heterocycles. The third-order valence-corrected chi connectivity index (χ3v) is 3.54. The summed E-state index contributed by atoms with van der Waals surface area (Å²) < 4.78 is 5.21. The van der Waals surface area contributed by atoms with Gasteiger partial charge in [0.1, 0.15) is 11.5 Å². The Morgan fingerprint density at radius 2 is 2.24 bits per heavy atom. The number of carboxylic acids is 1. The molecule has 0 radical (unpaired) electrons. The summed E-state index contributed by atoms with van der Waals surface area (Å²) >= 11 is 0. The number of aromatic amines is 1. The van der Waals surface area contributed by atoms with Crippen LogP contribution < -0.4 is 5.56 Å². The second-order valence-electron chi connectivity index (χ2n) is 4.96. The number of carboxylic acid groups (broad SMARTS) is 1. The van der Waals surface area contributed by atoms with Gasteiger partial charge in [-0.15, -0.1) is 0 Å². The molecular weight excluding hydrogens is 276 g/mol. The standard InChI is InChI=1S/C14H18N2O5/c1-2-6-16(11-8-21-7-10(11)14(19)20)13(18)9-4-3-5-15-12(9)17/h3-5,10-11H,2,6-8H2,1H3,(H,15,17)(H,19,20). The predicted molar refractivity (Wildman–Crippen MR) is 74.1 cm³/mol. The van der Waals surface area contributed by atoms with E-state index in [1.807, 2.05) is 6.92 Å². The highest BCUT2D eigenvalue weighted by Crippen LogP contribution is 2.21. The molecule has 0 spiro atoms. The second kappa shape index (κ2) is 6.53. The maximum Gasteiger partial charge on any atom is 0.311 e. The molecule has 1 saturated heterocycles. The monoisotopic (exact) mass is 294 g/mol. The van der Waals surface area contributed by atoms with Crippen LogP contribution in [-0.2, 0) is 9.53 Å². The summed E-state index contributed by atoms with van der Waals surface area (Å²) in [5.74, 6) is -2.21. The number of carbonyl (C=O) groups excluding carboxylic acids is 1. The Labute approximate surface area is 121 Å². The molecule has 2 atom stereocenters. The van der Waals surface area contributed by atoms with Crippen LogP contribution in [0.25, 0.3) is 0 Å². The number of nitrogens with zero attached hydrogens (tertiary/aromatic N) is 1. The first-order valence-electron chi connectivity index (χ1n) is 6.85. The van der Waals surface area contributed by atoms with Gasteiger partial charge in [-0.05, 0) is 18.6 Å². The highest BCUT2D eigenvalue weighted by Gasteiger charge is 2.40. The topological polar surface area (TPSA) is 99.7 Å². The van der Waals surface area contributed by atoms with Crippen molar-refractivity contribution in [2.75, 3.05) is 19.8 Å². The molecular formula is C14H18N2O5. The lowest BCUT2D eigenvalue weighted by atomic mass is 10.0. The molecule has 1 aromatic heterocycles. The van der Waals surface area contributed by atoms with Crippen molar-refractivity contribution in [3.63, 3.8) is 0 Å². The number of carbonyl (C=O) groups is 2. The van der Waals surface area contributed by atoms with E-state index in [2.05, 4.69) is 4.98 Å². The highest BCUT2D eigenvalue weighted by atomic mass is 16.5. The minimum Gasteiger partial charge on any atom is -0.481 e. The van der Waals surface area contributed by atoms with Crippen LogP contribution in [0.1, 0.15) is 23.7 Å². The SMILES string of the molecule is CCCN(C(=O)c1ccc[nH]c1=O)C1COCC1C(=O)O. The number of aromatic nitrogens is 1. The Morgan fingerprint density at radius 1 is 1.48 bits per heavy atom. The van der Waals surface area contributed by atoms with Gasteiger partial charge in [-0.1, -0.05) is 6.92 Å². The molecule has 0 saturated carbocycles. The Balaban J connectivity index is 2.30. The zero-order valence-electron chi connectivity index (χ0n) is 11.7. The Morgan fingerprint density at radius 3 is 2.86 bits per heavy atom. The van der Waals surface area contributed by atoms with Crippen LogP contribution in [0.2, 0.25) is 0 Å². The van der Waals surface area contributed by atoms with Crippen molar-refractivity contribution in [1.29, 1.82) is 0 Å². The van der Waals surface area contributed by atoms with Crippen LogP contribution >= 0.6 is 0 Å². The molecule has 7 nitrogen and oxygen atoms in total. The fourth-order valence-corrected chi connectivity index (χ4v) is 2.49. The van der Waals surface area contributed by atoms with E-state index in [-0.39, 0.29) is 18.8 Å². The third-order valence-electron chi connectivity index (χ3n) is 3.54. The van der Waals surface area contributed by atoms with Crippen molar-refractivity contribution in [3.05, 3.63) is 34.2 Å². The van der Waals surface area contributed by atoms with E-state index in [1.54, 1.807) is 6.07 Å². The number of H-pyrrole nitrogens is 1. The highest BCUT2D eigenvalue weighted by molar-refractivity contribution is 5.94. The second-order valence-corrected chi connectivity index (χ2v) is 4.96. The van der Waals surface area contributed by atoms with Gasteiger partial charge in [-0.3, -0.25) is 14.4 Å². The zero-order chi connectivity index (χ0) is 15.4. The minimum absolute atomic E-state index is 0.0157. The minimum atomic E-state index is -0.992. The van der Waals surface area contributed by atoms with Crippen LogP contribution in [0.15, 0.2) is 23.1 Å². The average molecular weight is 294 g/mol. The largest absolute Gasteiger partial charge is 0.481 e. The Hall–Kier alpha value is -2.15. The normalized spacial score (nSPS) is 21.2. The molecule has 1 amide bonds. The van der Waals surface area contributed by atoms with E-state index in [1.165, 1.54) is 17.2 Å². The number of aliphatic carboxylic acids is 1. The van der Waals surface area contributed by atoms with E-state index in [9.17, 15) is 19.5 Å². The predicted octanol–water partition coefficient (Wildman–Crippen LogP) is 0.327. The first-order valence-corrected chi connectivity index (χ1v) is 6.85. The summed E-state index contributed by atoms with van der Waals surface area (Å²) in [5.41, 5.74) is -0.462. The lowest BCUT2D eigenvalue weighted by Gasteiger charge is -2.30. The summed E-state index contributed by atoms with van der Waals surface area (Å²) in [6, 6.07) is 2.46. The van der Waals surface area contributed by atoms with Crippen molar-refractivity contribution in [3.8, 4) is 0 Å². The van der Waals surface area contributed by atoms with E-state index < -0.39 is 29.4 Å². The lowest BCUT2D eigenvalue weighted by molar-refractivity contribution is -0.142. The van der Waals surface area contributed by atoms with Crippen LogP contribution in [0, 0.1) is 5.92 Å². The molecule has 0 aromatic carbocycles. The molecule has 1 aliphatic heterocycles. The van der Waals surface area contributed by atoms with Gasteiger partial charge >= 0.3 is 5.97 Å². The van der Waals surface area contributed by atoms with E-state index in [0.717, 1.165) is 0 Å². The molecule has 7 heteroatoms. The van der Waals surface area contributed by atoms with Crippen molar-refractivity contribution >= 4 is 11.9 Å². The molecule has 21 heavy (non-hydrogen) atoms. The fourth-order valence-electron chi connectivity index (χ4n) is 2.49. The summed E-state index contributed by atoms with van der Waals surface area (Å²) in [7, 11) is 0. The van der Waals surface area contributed by atoms with Crippen molar-refractivity contribution < 1.29 is 19.4 Å². The number of hydrogen-bond donors (Lipinski definition) is 2. The Bertz CT molecular complexity index is 583. The summed E-state index contributed by atoms with van der Waals surface area (Å²) in [5, 5.41) is 9.22. The molecule has 2 unspecified atom stereocenters. The molecule has 1 aromatic rings. The van der Waals surface area contributed by atoms with Gasteiger partial charge < -0.3 is 19.7 Å². The lowest BCUT2D eigenvalue weighted by Crippen LogP contribution is -2.48. The van der Waals surface area contributed by atoms with E-state index in [4.69, 9.17) is 4.74 Å².